The van der Waals surface area contributed by atoms with E-state index in [1.54, 1.807) is 30.3 Å². The smallest absolute Gasteiger partial charge is 0.206 e. The lowest BCUT2D eigenvalue weighted by atomic mass is 9.87. The van der Waals surface area contributed by atoms with Crippen molar-refractivity contribution in [3.63, 3.8) is 0 Å². The Morgan fingerprint density at radius 2 is 1.76 bits per heavy atom. The van der Waals surface area contributed by atoms with Gasteiger partial charge in [0, 0.05) is 4.47 Å². The molecule has 134 valence electrons. The molecule has 25 heavy (non-hydrogen) atoms. The predicted octanol–water partition coefficient (Wildman–Crippen LogP) is 4.36. The van der Waals surface area contributed by atoms with Gasteiger partial charge in [0.05, 0.1) is 16.4 Å². The lowest BCUT2D eigenvalue weighted by molar-refractivity contribution is 0.262. The number of hydrogen-bond acceptors (Lipinski definition) is 4. The molecular weight excluding hydrogens is 404 g/mol. The van der Waals surface area contributed by atoms with E-state index >= 15 is 0 Å². The monoisotopic (exact) mass is 424 g/mol. The van der Waals surface area contributed by atoms with E-state index in [-0.39, 0.29) is 21.3 Å². The van der Waals surface area contributed by atoms with E-state index in [1.165, 1.54) is 0 Å². The van der Waals surface area contributed by atoms with Gasteiger partial charge in [-0.25, -0.2) is 8.42 Å². The second kappa shape index (κ2) is 6.74. The summed E-state index contributed by atoms with van der Waals surface area (Å²) >= 11 is 3.36. The van der Waals surface area contributed by atoms with Crippen molar-refractivity contribution in [1.82, 2.24) is 0 Å². The molecule has 1 fully saturated rings. The summed E-state index contributed by atoms with van der Waals surface area (Å²) in [5.74, 6) is 0.509. The molecule has 4 nitrogen and oxygen atoms in total. The SMILES string of the molecule is CC(C)(C)c1ccc(S(=O)(=O)c2cc(Br)cc(OCC3CO3)c2)cc1. The third-order valence-corrected chi connectivity index (χ3v) is 6.23. The Morgan fingerprint density at radius 1 is 1.12 bits per heavy atom. The Hall–Kier alpha value is -1.37. The molecule has 1 aliphatic heterocycles. The average Bonchev–Trinajstić information content (AvgIpc) is 3.36. The summed E-state index contributed by atoms with van der Waals surface area (Å²) < 4.78 is 37.3. The summed E-state index contributed by atoms with van der Waals surface area (Å²) in [4.78, 5) is 0.479. The molecule has 3 rings (SSSR count). The number of sulfone groups is 1. The highest BCUT2D eigenvalue weighted by Gasteiger charge is 2.24. The van der Waals surface area contributed by atoms with Gasteiger partial charge in [-0.05, 0) is 41.3 Å². The van der Waals surface area contributed by atoms with E-state index in [0.717, 1.165) is 5.56 Å². The van der Waals surface area contributed by atoms with E-state index in [2.05, 4.69) is 36.7 Å². The standard InChI is InChI=1S/C19H21BrO4S/c1-19(2,3)13-4-6-17(7-5-13)25(21,22)18-9-14(20)8-15(10-18)23-11-16-12-24-16/h4-10,16H,11-12H2,1-3H3. The maximum absolute atomic E-state index is 12.9. The van der Waals surface area contributed by atoms with Crippen LogP contribution in [0, 0.1) is 0 Å². The minimum absolute atomic E-state index is 0.0239. The van der Waals surface area contributed by atoms with Crippen molar-refractivity contribution < 1.29 is 17.9 Å². The van der Waals surface area contributed by atoms with Gasteiger partial charge in [-0.3, -0.25) is 0 Å². The van der Waals surface area contributed by atoms with E-state index < -0.39 is 9.84 Å². The highest BCUT2D eigenvalue weighted by molar-refractivity contribution is 9.10. The van der Waals surface area contributed by atoms with Crippen LogP contribution in [0.25, 0.3) is 0 Å². The summed E-state index contributed by atoms with van der Waals surface area (Å²) in [5.41, 5.74) is 1.07. The van der Waals surface area contributed by atoms with Crippen LogP contribution in [0.2, 0.25) is 0 Å². The van der Waals surface area contributed by atoms with Gasteiger partial charge < -0.3 is 9.47 Å². The molecule has 1 saturated heterocycles. The zero-order valence-electron chi connectivity index (χ0n) is 14.5. The number of hydrogen-bond donors (Lipinski definition) is 0. The van der Waals surface area contributed by atoms with Gasteiger partial charge in [0.25, 0.3) is 0 Å². The average molecular weight is 425 g/mol. The maximum Gasteiger partial charge on any atom is 0.206 e. The van der Waals surface area contributed by atoms with Crippen molar-refractivity contribution in [1.29, 1.82) is 0 Å². The molecule has 0 bridgehead atoms. The second-order valence-electron chi connectivity index (χ2n) is 7.17. The van der Waals surface area contributed by atoms with Crippen LogP contribution in [0.15, 0.2) is 56.7 Å². The summed E-state index contributed by atoms with van der Waals surface area (Å²) in [6.45, 7) is 7.41. The molecule has 0 radical (unpaired) electrons. The van der Waals surface area contributed by atoms with Gasteiger partial charge in [-0.2, -0.15) is 0 Å². The van der Waals surface area contributed by atoms with Crippen molar-refractivity contribution in [3.8, 4) is 5.75 Å². The molecule has 2 aromatic carbocycles. The lowest BCUT2D eigenvalue weighted by Crippen LogP contribution is -2.11. The van der Waals surface area contributed by atoms with E-state index in [1.807, 2.05) is 12.1 Å². The van der Waals surface area contributed by atoms with Crippen LogP contribution in [0.3, 0.4) is 0 Å². The van der Waals surface area contributed by atoms with Crippen LogP contribution in [0.5, 0.6) is 5.75 Å². The quantitative estimate of drug-likeness (QED) is 0.669. The fraction of sp³-hybridized carbons (Fsp3) is 0.368. The first-order valence-corrected chi connectivity index (χ1v) is 10.3. The summed E-state index contributed by atoms with van der Waals surface area (Å²) in [6.07, 6.45) is 0.115. The van der Waals surface area contributed by atoms with E-state index in [9.17, 15) is 8.42 Å². The Bertz CT molecular complexity index is 863. The van der Waals surface area contributed by atoms with Crippen LogP contribution >= 0.6 is 15.9 Å². The van der Waals surface area contributed by atoms with E-state index in [4.69, 9.17) is 9.47 Å². The molecular formula is C19H21BrO4S. The molecule has 0 amide bonds. The van der Waals surface area contributed by atoms with E-state index in [0.29, 0.717) is 23.4 Å². The Labute approximate surface area is 157 Å². The zero-order chi connectivity index (χ0) is 18.2. The fourth-order valence-electron chi connectivity index (χ4n) is 2.40. The number of epoxide rings is 1. The normalized spacial score (nSPS) is 17.4. The van der Waals surface area contributed by atoms with Gasteiger partial charge in [0.2, 0.25) is 9.84 Å². The topological polar surface area (TPSA) is 55.9 Å². The van der Waals surface area contributed by atoms with Gasteiger partial charge in [-0.1, -0.05) is 48.8 Å². The minimum Gasteiger partial charge on any atom is -0.491 e. The lowest BCUT2D eigenvalue weighted by Gasteiger charge is -2.19. The predicted molar refractivity (Wildman–Crippen MR) is 100.0 cm³/mol. The van der Waals surface area contributed by atoms with Crippen molar-refractivity contribution in [3.05, 3.63) is 52.5 Å². The first kappa shape index (κ1) is 18.4. The Morgan fingerprint density at radius 3 is 2.32 bits per heavy atom. The molecule has 0 saturated carbocycles. The minimum atomic E-state index is -3.61. The van der Waals surface area contributed by atoms with Gasteiger partial charge in [-0.15, -0.1) is 0 Å². The largest absolute Gasteiger partial charge is 0.491 e. The molecule has 6 heteroatoms. The van der Waals surface area contributed by atoms with Crippen LogP contribution < -0.4 is 4.74 Å². The van der Waals surface area contributed by atoms with Crippen LogP contribution in [0.1, 0.15) is 26.3 Å². The van der Waals surface area contributed by atoms with Gasteiger partial charge in [0.15, 0.2) is 0 Å². The van der Waals surface area contributed by atoms with Crippen molar-refractivity contribution in [2.24, 2.45) is 0 Å². The van der Waals surface area contributed by atoms with Gasteiger partial charge in [0.1, 0.15) is 18.5 Å². The molecule has 1 unspecified atom stereocenters. The van der Waals surface area contributed by atoms with Crippen LogP contribution in [0.4, 0.5) is 0 Å². The number of halogens is 1. The highest BCUT2D eigenvalue weighted by atomic mass is 79.9. The molecule has 0 N–H and O–H groups in total. The number of rotatable bonds is 5. The van der Waals surface area contributed by atoms with Gasteiger partial charge >= 0.3 is 0 Å². The molecule has 1 atom stereocenters. The van der Waals surface area contributed by atoms with Crippen LogP contribution in [-0.4, -0.2) is 27.7 Å². The third-order valence-electron chi connectivity index (χ3n) is 4.02. The number of benzene rings is 2. The van der Waals surface area contributed by atoms with Crippen molar-refractivity contribution in [2.75, 3.05) is 13.2 Å². The molecule has 1 heterocycles. The first-order chi connectivity index (χ1) is 11.7. The summed E-state index contributed by atoms with van der Waals surface area (Å²) in [5, 5.41) is 0. The Balaban J connectivity index is 1.90. The van der Waals surface area contributed by atoms with Crippen molar-refractivity contribution in [2.45, 2.75) is 42.1 Å². The molecule has 1 aliphatic rings. The zero-order valence-corrected chi connectivity index (χ0v) is 16.9. The third kappa shape index (κ3) is 4.43. The molecule has 2 aromatic rings. The highest BCUT2D eigenvalue weighted by Crippen LogP contribution is 2.30. The van der Waals surface area contributed by atoms with Crippen molar-refractivity contribution >= 4 is 25.8 Å². The van der Waals surface area contributed by atoms with Crippen LogP contribution in [-0.2, 0) is 20.0 Å². The molecule has 0 aromatic heterocycles. The molecule has 0 spiro atoms. The molecule has 0 aliphatic carbocycles. The fourth-order valence-corrected chi connectivity index (χ4v) is 4.34. The summed E-state index contributed by atoms with van der Waals surface area (Å²) in [6, 6.07) is 12.0. The first-order valence-electron chi connectivity index (χ1n) is 8.07. The maximum atomic E-state index is 12.9. The Kier molecular flexibility index (Phi) is 4.97. The summed E-state index contributed by atoms with van der Waals surface area (Å²) in [7, 11) is -3.61. The number of ether oxygens (including phenoxy) is 2. The second-order valence-corrected chi connectivity index (χ2v) is 10.0.